The fourth-order valence-corrected chi connectivity index (χ4v) is 1.78. The van der Waals surface area contributed by atoms with Crippen LogP contribution in [0.15, 0.2) is 36.8 Å². The molecule has 2 rings (SSSR count). The van der Waals surface area contributed by atoms with Gasteiger partial charge >= 0.3 is 0 Å². The molecule has 0 fully saturated rings. The van der Waals surface area contributed by atoms with Crippen molar-refractivity contribution in [2.45, 2.75) is 20.3 Å². The van der Waals surface area contributed by atoms with Gasteiger partial charge in [0.25, 0.3) is 5.91 Å². The Hall–Kier alpha value is -2.43. The summed E-state index contributed by atoms with van der Waals surface area (Å²) in [6.07, 6.45) is 6.02. The van der Waals surface area contributed by atoms with Crippen LogP contribution in [-0.2, 0) is 0 Å². The largest absolute Gasteiger partial charge is 0.369 e. The Balaban J connectivity index is 2.19. The lowest BCUT2D eigenvalue weighted by atomic mass is 10.2. The van der Waals surface area contributed by atoms with Gasteiger partial charge in [-0.3, -0.25) is 9.78 Å². The minimum Gasteiger partial charge on any atom is -0.369 e. The molecule has 0 radical (unpaired) electrons. The van der Waals surface area contributed by atoms with Gasteiger partial charge in [0.2, 0.25) is 0 Å². The van der Waals surface area contributed by atoms with Gasteiger partial charge in [-0.15, -0.1) is 0 Å². The number of nitrogens with one attached hydrogen (secondary N) is 2. The van der Waals surface area contributed by atoms with Crippen molar-refractivity contribution in [2.75, 3.05) is 17.2 Å². The quantitative estimate of drug-likeness (QED) is 0.876. The first-order valence-electron chi connectivity index (χ1n) is 6.63. The van der Waals surface area contributed by atoms with Crippen molar-refractivity contribution in [2.24, 2.45) is 0 Å². The second-order valence-electron chi connectivity index (χ2n) is 4.47. The average Bonchev–Trinajstić information content (AvgIpc) is 2.47. The van der Waals surface area contributed by atoms with E-state index < -0.39 is 0 Å². The highest BCUT2D eigenvalue weighted by Gasteiger charge is 2.12. The Morgan fingerprint density at radius 3 is 2.90 bits per heavy atom. The molecule has 0 atom stereocenters. The summed E-state index contributed by atoms with van der Waals surface area (Å²) in [7, 11) is 0. The van der Waals surface area contributed by atoms with Gasteiger partial charge in [-0.2, -0.15) is 0 Å². The van der Waals surface area contributed by atoms with Gasteiger partial charge < -0.3 is 10.6 Å². The topological polar surface area (TPSA) is 66.9 Å². The SMILES string of the molecule is CCCNc1ncccc1C(=O)Nc1ccncc1C. The summed E-state index contributed by atoms with van der Waals surface area (Å²) in [6.45, 7) is 4.75. The fraction of sp³-hybridized carbons (Fsp3) is 0.267. The van der Waals surface area contributed by atoms with E-state index in [2.05, 4.69) is 27.5 Å². The molecule has 0 aliphatic heterocycles. The predicted molar refractivity (Wildman–Crippen MR) is 79.9 cm³/mol. The lowest BCUT2D eigenvalue weighted by Crippen LogP contribution is -2.16. The zero-order valence-electron chi connectivity index (χ0n) is 11.7. The van der Waals surface area contributed by atoms with Crippen molar-refractivity contribution in [3.63, 3.8) is 0 Å². The molecule has 2 heterocycles. The summed E-state index contributed by atoms with van der Waals surface area (Å²) in [4.78, 5) is 20.6. The molecule has 0 aliphatic rings. The lowest BCUT2D eigenvalue weighted by molar-refractivity contribution is 0.102. The van der Waals surface area contributed by atoms with Crippen molar-refractivity contribution in [1.82, 2.24) is 9.97 Å². The average molecular weight is 270 g/mol. The maximum absolute atomic E-state index is 12.3. The molecular weight excluding hydrogens is 252 g/mol. The van der Waals surface area contributed by atoms with Crippen LogP contribution in [-0.4, -0.2) is 22.4 Å². The van der Waals surface area contributed by atoms with E-state index in [1.807, 2.05) is 6.92 Å². The lowest BCUT2D eigenvalue weighted by Gasteiger charge is -2.11. The van der Waals surface area contributed by atoms with Gasteiger partial charge in [0, 0.05) is 30.8 Å². The van der Waals surface area contributed by atoms with Gasteiger partial charge in [-0.05, 0) is 37.1 Å². The maximum atomic E-state index is 12.3. The van der Waals surface area contributed by atoms with Crippen molar-refractivity contribution >= 4 is 17.4 Å². The number of carbonyl (C=O) groups is 1. The monoisotopic (exact) mass is 270 g/mol. The highest BCUT2D eigenvalue weighted by Crippen LogP contribution is 2.16. The number of carbonyl (C=O) groups excluding carboxylic acids is 1. The summed E-state index contributed by atoms with van der Waals surface area (Å²) < 4.78 is 0. The number of nitrogens with zero attached hydrogens (tertiary/aromatic N) is 2. The van der Waals surface area contributed by atoms with E-state index >= 15 is 0 Å². The molecule has 0 spiro atoms. The Morgan fingerprint density at radius 2 is 2.15 bits per heavy atom. The summed E-state index contributed by atoms with van der Waals surface area (Å²) in [5.41, 5.74) is 2.22. The Morgan fingerprint density at radius 1 is 1.30 bits per heavy atom. The van der Waals surface area contributed by atoms with Crippen LogP contribution >= 0.6 is 0 Å². The minimum absolute atomic E-state index is 0.175. The number of rotatable bonds is 5. The van der Waals surface area contributed by atoms with Crippen LogP contribution in [0.3, 0.4) is 0 Å². The predicted octanol–water partition coefficient (Wildman–Crippen LogP) is 2.86. The molecule has 0 unspecified atom stereocenters. The summed E-state index contributed by atoms with van der Waals surface area (Å²) in [5, 5.41) is 6.04. The molecule has 104 valence electrons. The van der Waals surface area contributed by atoms with E-state index in [9.17, 15) is 4.79 Å². The molecule has 5 heteroatoms. The third-order valence-corrected chi connectivity index (χ3v) is 2.86. The first kappa shape index (κ1) is 14.0. The summed E-state index contributed by atoms with van der Waals surface area (Å²) in [6, 6.07) is 5.30. The second-order valence-corrected chi connectivity index (χ2v) is 4.47. The zero-order chi connectivity index (χ0) is 14.4. The van der Waals surface area contributed by atoms with Crippen LogP contribution < -0.4 is 10.6 Å². The number of aryl methyl sites for hydroxylation is 1. The number of hydrogen-bond donors (Lipinski definition) is 2. The molecule has 2 aromatic rings. The summed E-state index contributed by atoms with van der Waals surface area (Å²) >= 11 is 0. The van der Waals surface area contributed by atoms with Crippen LogP contribution in [0.4, 0.5) is 11.5 Å². The van der Waals surface area contributed by atoms with Gasteiger partial charge in [-0.25, -0.2) is 4.98 Å². The van der Waals surface area contributed by atoms with E-state index in [0.717, 1.165) is 24.2 Å². The molecule has 0 saturated heterocycles. The maximum Gasteiger partial charge on any atom is 0.259 e. The first-order chi connectivity index (χ1) is 9.72. The number of anilines is 2. The number of amides is 1. The van der Waals surface area contributed by atoms with E-state index in [4.69, 9.17) is 0 Å². The molecule has 5 nitrogen and oxygen atoms in total. The molecule has 20 heavy (non-hydrogen) atoms. The van der Waals surface area contributed by atoms with Gasteiger partial charge in [-0.1, -0.05) is 6.92 Å². The van der Waals surface area contributed by atoms with Crippen molar-refractivity contribution in [1.29, 1.82) is 0 Å². The van der Waals surface area contributed by atoms with E-state index in [1.54, 1.807) is 36.8 Å². The van der Waals surface area contributed by atoms with Gasteiger partial charge in [0.1, 0.15) is 5.82 Å². The normalized spacial score (nSPS) is 10.1. The molecule has 2 N–H and O–H groups in total. The molecule has 0 bridgehead atoms. The highest BCUT2D eigenvalue weighted by atomic mass is 16.1. The van der Waals surface area contributed by atoms with Crippen LogP contribution in [0.2, 0.25) is 0 Å². The second kappa shape index (κ2) is 6.65. The fourth-order valence-electron chi connectivity index (χ4n) is 1.78. The molecular formula is C15H18N4O. The zero-order valence-corrected chi connectivity index (χ0v) is 11.7. The highest BCUT2D eigenvalue weighted by molar-refractivity contribution is 6.07. The van der Waals surface area contributed by atoms with Crippen molar-refractivity contribution in [3.05, 3.63) is 47.9 Å². The molecule has 0 aliphatic carbocycles. The molecule has 0 aromatic carbocycles. The Bertz CT molecular complexity index is 598. The molecule has 0 saturated carbocycles. The third kappa shape index (κ3) is 3.32. The number of pyridine rings is 2. The molecule has 2 aromatic heterocycles. The number of aromatic nitrogens is 2. The van der Waals surface area contributed by atoms with Crippen LogP contribution in [0.25, 0.3) is 0 Å². The van der Waals surface area contributed by atoms with Crippen molar-refractivity contribution < 1.29 is 4.79 Å². The van der Waals surface area contributed by atoms with E-state index in [0.29, 0.717) is 11.4 Å². The standard InChI is InChI=1S/C15H18N4O/c1-3-7-17-14-12(5-4-8-18-14)15(20)19-13-6-9-16-10-11(13)2/h4-6,8-10H,3,7H2,1-2H3,(H,17,18)(H,16,19,20). The summed E-state index contributed by atoms with van der Waals surface area (Å²) in [5.74, 6) is 0.435. The first-order valence-corrected chi connectivity index (χ1v) is 6.63. The smallest absolute Gasteiger partial charge is 0.259 e. The minimum atomic E-state index is -0.175. The van der Waals surface area contributed by atoms with Crippen molar-refractivity contribution in [3.8, 4) is 0 Å². The number of hydrogen-bond acceptors (Lipinski definition) is 4. The Labute approximate surface area is 118 Å². The van der Waals surface area contributed by atoms with Crippen LogP contribution in [0, 0.1) is 6.92 Å². The van der Waals surface area contributed by atoms with Gasteiger partial charge in [0.15, 0.2) is 0 Å². The van der Waals surface area contributed by atoms with Crippen LogP contribution in [0.5, 0.6) is 0 Å². The Kier molecular flexibility index (Phi) is 4.65. The van der Waals surface area contributed by atoms with E-state index in [-0.39, 0.29) is 5.91 Å². The van der Waals surface area contributed by atoms with E-state index in [1.165, 1.54) is 0 Å². The van der Waals surface area contributed by atoms with Crippen LogP contribution in [0.1, 0.15) is 29.3 Å². The molecule has 1 amide bonds. The third-order valence-electron chi connectivity index (χ3n) is 2.86. The van der Waals surface area contributed by atoms with Gasteiger partial charge in [0.05, 0.1) is 5.56 Å².